The number of hydrogen-bond acceptors (Lipinski definition) is 7. The molecule has 0 amide bonds. The molecule has 1 aliphatic heterocycles. The summed E-state index contributed by atoms with van der Waals surface area (Å²) in [5.74, 6) is 0.00137. The highest BCUT2D eigenvalue weighted by Crippen LogP contribution is 2.44. The zero-order valence-corrected chi connectivity index (χ0v) is 25.5. The van der Waals surface area contributed by atoms with E-state index in [9.17, 15) is 17.6 Å². The van der Waals surface area contributed by atoms with Gasteiger partial charge in [0, 0.05) is 30.9 Å². The SMILES string of the molecule is CCCCC1CN(c2ccc(F)cc2)c2cc(SCC)c(O/C=C/C(=O)O)cc2S(=O)(=O)N1Cc1ccc(OC)cc1. The first-order chi connectivity index (χ1) is 20.2. The van der Waals surface area contributed by atoms with Crippen molar-refractivity contribution in [2.24, 2.45) is 0 Å². The van der Waals surface area contributed by atoms with E-state index in [2.05, 4.69) is 6.92 Å². The molecule has 0 fully saturated rings. The molecule has 4 rings (SSSR count). The lowest BCUT2D eigenvalue weighted by Crippen LogP contribution is -2.43. The van der Waals surface area contributed by atoms with Crippen molar-refractivity contribution in [2.75, 3.05) is 24.3 Å². The van der Waals surface area contributed by atoms with Crippen LogP contribution in [0, 0.1) is 5.82 Å². The van der Waals surface area contributed by atoms with Gasteiger partial charge in [0.2, 0.25) is 10.0 Å². The minimum Gasteiger partial charge on any atom is -0.497 e. The number of fused-ring (bicyclic) bond motifs is 1. The van der Waals surface area contributed by atoms with Crippen molar-refractivity contribution < 1.29 is 32.2 Å². The average molecular weight is 615 g/mol. The van der Waals surface area contributed by atoms with Crippen LogP contribution in [0.25, 0.3) is 0 Å². The highest BCUT2D eigenvalue weighted by molar-refractivity contribution is 7.99. The number of ether oxygens (including phenoxy) is 2. The third kappa shape index (κ3) is 7.26. The number of benzene rings is 3. The van der Waals surface area contributed by atoms with E-state index < -0.39 is 22.0 Å². The van der Waals surface area contributed by atoms with Gasteiger partial charge in [-0.15, -0.1) is 11.8 Å². The summed E-state index contributed by atoms with van der Waals surface area (Å²) < 4.78 is 55.6. The van der Waals surface area contributed by atoms with E-state index in [-0.39, 0.29) is 23.0 Å². The fraction of sp³-hybridized carbons (Fsp3) is 0.323. The van der Waals surface area contributed by atoms with E-state index in [4.69, 9.17) is 14.6 Å². The summed E-state index contributed by atoms with van der Waals surface area (Å²) in [6.45, 7) is 4.51. The van der Waals surface area contributed by atoms with E-state index in [1.54, 1.807) is 37.4 Å². The first-order valence-corrected chi connectivity index (χ1v) is 16.1. The molecule has 0 radical (unpaired) electrons. The predicted octanol–water partition coefficient (Wildman–Crippen LogP) is 6.82. The molecule has 8 nitrogen and oxygen atoms in total. The van der Waals surface area contributed by atoms with Gasteiger partial charge in [0.15, 0.2) is 0 Å². The van der Waals surface area contributed by atoms with Gasteiger partial charge < -0.3 is 19.5 Å². The third-order valence-electron chi connectivity index (χ3n) is 6.94. The number of anilines is 2. The summed E-state index contributed by atoms with van der Waals surface area (Å²) in [4.78, 5) is 13.7. The van der Waals surface area contributed by atoms with E-state index in [0.717, 1.165) is 30.7 Å². The monoisotopic (exact) mass is 614 g/mol. The number of thioether (sulfide) groups is 1. The fourth-order valence-corrected chi connectivity index (χ4v) is 7.44. The van der Waals surface area contributed by atoms with Crippen molar-refractivity contribution in [1.82, 2.24) is 4.31 Å². The highest BCUT2D eigenvalue weighted by atomic mass is 32.2. The van der Waals surface area contributed by atoms with E-state index in [1.807, 2.05) is 24.0 Å². The highest BCUT2D eigenvalue weighted by Gasteiger charge is 2.40. The minimum absolute atomic E-state index is 0.0264. The Morgan fingerprint density at radius 2 is 1.83 bits per heavy atom. The van der Waals surface area contributed by atoms with Crippen LogP contribution in [0.2, 0.25) is 0 Å². The quantitative estimate of drug-likeness (QED) is 0.135. The molecule has 11 heteroatoms. The molecule has 0 aliphatic carbocycles. The molecule has 0 bridgehead atoms. The Hall–Kier alpha value is -3.54. The Bertz CT molecular complexity index is 1510. The van der Waals surface area contributed by atoms with Gasteiger partial charge in [0.05, 0.1) is 30.0 Å². The van der Waals surface area contributed by atoms with Crippen LogP contribution in [0.3, 0.4) is 0 Å². The number of methoxy groups -OCH3 is 1. The molecule has 0 aromatic heterocycles. The number of hydrogen-bond donors (Lipinski definition) is 1. The first kappa shape index (κ1) is 31.4. The normalized spacial score (nSPS) is 16.7. The topological polar surface area (TPSA) is 96.4 Å². The van der Waals surface area contributed by atoms with Crippen molar-refractivity contribution in [2.45, 2.75) is 55.5 Å². The number of halogens is 1. The number of rotatable bonds is 12. The summed E-state index contributed by atoms with van der Waals surface area (Å²) >= 11 is 1.45. The van der Waals surface area contributed by atoms with Crippen molar-refractivity contribution >= 4 is 39.1 Å². The average Bonchev–Trinajstić information content (AvgIpc) is 3.05. The van der Waals surface area contributed by atoms with Gasteiger partial charge in [-0.05, 0) is 60.2 Å². The van der Waals surface area contributed by atoms with Crippen LogP contribution in [-0.4, -0.2) is 49.2 Å². The van der Waals surface area contributed by atoms with Crippen molar-refractivity contribution in [3.8, 4) is 11.5 Å². The summed E-state index contributed by atoms with van der Waals surface area (Å²) in [7, 11) is -2.52. The Morgan fingerprint density at radius 3 is 2.45 bits per heavy atom. The molecule has 3 aromatic rings. The lowest BCUT2D eigenvalue weighted by atomic mass is 10.1. The van der Waals surface area contributed by atoms with E-state index in [1.165, 1.54) is 34.3 Å². The molecule has 0 spiro atoms. The molecule has 1 heterocycles. The number of sulfonamides is 1. The Balaban J connectivity index is 1.93. The second-order valence-corrected chi connectivity index (χ2v) is 12.9. The molecule has 224 valence electrons. The van der Waals surface area contributed by atoms with Gasteiger partial charge in [0.25, 0.3) is 0 Å². The van der Waals surface area contributed by atoms with Crippen molar-refractivity contribution in [3.63, 3.8) is 0 Å². The maximum absolute atomic E-state index is 14.6. The lowest BCUT2D eigenvalue weighted by Gasteiger charge is -2.31. The molecule has 1 aliphatic rings. The van der Waals surface area contributed by atoms with E-state index >= 15 is 0 Å². The number of carbonyl (C=O) groups is 1. The zero-order valence-electron chi connectivity index (χ0n) is 23.8. The van der Waals surface area contributed by atoms with Crippen molar-refractivity contribution in [1.29, 1.82) is 0 Å². The molecular weight excluding hydrogens is 579 g/mol. The molecule has 0 saturated carbocycles. The van der Waals surface area contributed by atoms with Gasteiger partial charge in [-0.1, -0.05) is 38.8 Å². The second kappa shape index (κ2) is 14.1. The standard InChI is InChI=1S/C31H35FN2O6S2/c1-4-6-7-25-21-33(24-12-10-23(32)11-13-24)27-18-29(41-5-2)28(40-17-16-31(35)36)19-30(27)42(37,38)34(25)20-22-8-14-26(39-3)15-9-22/h8-19,25H,4-7,20-21H2,1-3H3,(H,35,36)/b17-16+. The van der Waals surface area contributed by atoms with Gasteiger partial charge in [0.1, 0.15) is 22.2 Å². The second-order valence-electron chi connectivity index (χ2n) is 9.74. The number of unbranched alkanes of at least 4 members (excludes halogenated alkanes) is 1. The predicted molar refractivity (Wildman–Crippen MR) is 163 cm³/mol. The van der Waals surface area contributed by atoms with Gasteiger partial charge >= 0.3 is 5.97 Å². The fourth-order valence-electron chi connectivity index (χ4n) is 4.86. The maximum atomic E-state index is 14.6. The van der Waals surface area contributed by atoms with Crippen LogP contribution in [-0.2, 0) is 21.4 Å². The Kier molecular flexibility index (Phi) is 10.5. The zero-order chi connectivity index (χ0) is 30.3. The van der Waals surface area contributed by atoms with Gasteiger partial charge in [-0.3, -0.25) is 0 Å². The number of carboxylic acid groups (broad SMARTS) is 1. The third-order valence-corrected chi connectivity index (χ3v) is 9.78. The molecule has 1 atom stereocenters. The summed E-state index contributed by atoms with van der Waals surface area (Å²) in [6, 6.07) is 16.2. The van der Waals surface area contributed by atoms with Crippen LogP contribution >= 0.6 is 11.8 Å². The molecule has 3 aromatic carbocycles. The summed E-state index contributed by atoms with van der Waals surface area (Å²) in [5, 5.41) is 9.05. The minimum atomic E-state index is -4.10. The number of carboxylic acids is 1. The molecule has 42 heavy (non-hydrogen) atoms. The van der Waals surface area contributed by atoms with Crippen LogP contribution in [0.1, 0.15) is 38.7 Å². The van der Waals surface area contributed by atoms with Gasteiger partial charge in [-0.25, -0.2) is 17.6 Å². The number of nitrogens with zero attached hydrogens (tertiary/aromatic N) is 2. The van der Waals surface area contributed by atoms with Gasteiger partial charge in [-0.2, -0.15) is 4.31 Å². The summed E-state index contributed by atoms with van der Waals surface area (Å²) in [5.41, 5.74) is 1.91. The largest absolute Gasteiger partial charge is 0.497 e. The molecule has 1 N–H and O–H groups in total. The van der Waals surface area contributed by atoms with Crippen molar-refractivity contribution in [3.05, 3.63) is 84.4 Å². The van der Waals surface area contributed by atoms with Crippen LogP contribution in [0.5, 0.6) is 11.5 Å². The first-order valence-electron chi connectivity index (χ1n) is 13.7. The van der Waals surface area contributed by atoms with Crippen LogP contribution < -0.4 is 14.4 Å². The Labute approximate surface area is 250 Å². The smallest absolute Gasteiger partial charge is 0.331 e. The molecular formula is C31H35FN2O6S2. The van der Waals surface area contributed by atoms with Crippen LogP contribution in [0.4, 0.5) is 15.8 Å². The van der Waals surface area contributed by atoms with Crippen LogP contribution in [0.15, 0.2) is 82.8 Å². The molecule has 0 saturated heterocycles. The van der Waals surface area contributed by atoms with E-state index in [0.29, 0.717) is 40.7 Å². The molecule has 1 unspecified atom stereocenters. The lowest BCUT2D eigenvalue weighted by molar-refractivity contribution is -0.131. The summed E-state index contributed by atoms with van der Waals surface area (Å²) in [6.07, 6.45) is 4.21. The Morgan fingerprint density at radius 1 is 1.12 bits per heavy atom. The number of aliphatic carboxylic acids is 1. The maximum Gasteiger partial charge on any atom is 0.331 e.